The zero-order valence-electron chi connectivity index (χ0n) is 12.1. The summed E-state index contributed by atoms with van der Waals surface area (Å²) < 4.78 is 4.91. The number of amides is 1. The molecule has 0 atom stereocenters. The number of nitrogens with zero attached hydrogens (tertiary/aromatic N) is 1. The lowest BCUT2D eigenvalue weighted by Gasteiger charge is -2.29. The lowest BCUT2D eigenvalue weighted by molar-refractivity contribution is -0.116. The molecule has 4 N–H and O–H groups in total. The van der Waals surface area contributed by atoms with Gasteiger partial charge in [0.1, 0.15) is 0 Å². The largest absolute Gasteiger partial charge is 0.462 e. The average molecular weight is 279 g/mol. The summed E-state index contributed by atoms with van der Waals surface area (Å²) >= 11 is 0. The lowest BCUT2D eigenvalue weighted by Crippen LogP contribution is -2.39. The Morgan fingerprint density at radius 2 is 2.00 bits per heavy atom. The maximum absolute atomic E-state index is 11.6. The van der Waals surface area contributed by atoms with Gasteiger partial charge in [-0.1, -0.05) is 0 Å². The van der Waals surface area contributed by atoms with E-state index < -0.39 is 11.9 Å². The summed E-state index contributed by atoms with van der Waals surface area (Å²) in [6.45, 7) is 5.98. The lowest BCUT2D eigenvalue weighted by atomic mass is 10.1. The number of esters is 1. The van der Waals surface area contributed by atoms with Crippen molar-refractivity contribution in [3.05, 3.63) is 23.8 Å². The van der Waals surface area contributed by atoms with Crippen LogP contribution in [-0.4, -0.2) is 31.1 Å². The average Bonchev–Trinajstić information content (AvgIpc) is 2.36. The molecule has 110 valence electrons. The molecule has 1 rings (SSSR count). The van der Waals surface area contributed by atoms with Gasteiger partial charge in [-0.25, -0.2) is 4.79 Å². The van der Waals surface area contributed by atoms with E-state index in [4.69, 9.17) is 16.2 Å². The van der Waals surface area contributed by atoms with Crippen LogP contribution in [0.2, 0.25) is 0 Å². The van der Waals surface area contributed by atoms with Crippen molar-refractivity contribution in [1.29, 1.82) is 0 Å². The Hall–Kier alpha value is -2.24. The van der Waals surface area contributed by atoms with E-state index in [0.717, 1.165) is 0 Å². The SMILES string of the molecule is CCOC(=O)c1ccc(N(CC(N)=O)C(C)C)c(N)c1. The fourth-order valence-electron chi connectivity index (χ4n) is 1.87. The molecule has 1 amide bonds. The molecule has 0 unspecified atom stereocenters. The molecule has 0 spiro atoms. The Morgan fingerprint density at radius 1 is 1.35 bits per heavy atom. The number of nitrogen functional groups attached to an aromatic ring is 1. The van der Waals surface area contributed by atoms with Crippen LogP contribution >= 0.6 is 0 Å². The van der Waals surface area contributed by atoms with Crippen LogP contribution in [0.4, 0.5) is 11.4 Å². The van der Waals surface area contributed by atoms with Crippen molar-refractivity contribution in [3.8, 4) is 0 Å². The van der Waals surface area contributed by atoms with Crippen LogP contribution < -0.4 is 16.4 Å². The van der Waals surface area contributed by atoms with Gasteiger partial charge >= 0.3 is 5.97 Å². The molecule has 0 saturated heterocycles. The molecule has 0 aromatic heterocycles. The predicted molar refractivity (Wildman–Crippen MR) is 78.5 cm³/mol. The number of primary amides is 1. The minimum Gasteiger partial charge on any atom is -0.462 e. The molecule has 20 heavy (non-hydrogen) atoms. The Labute approximate surface area is 118 Å². The van der Waals surface area contributed by atoms with Gasteiger partial charge in [-0.3, -0.25) is 4.79 Å². The third-order valence-corrected chi connectivity index (χ3v) is 2.80. The van der Waals surface area contributed by atoms with Crippen molar-refractivity contribution in [2.24, 2.45) is 5.73 Å². The van der Waals surface area contributed by atoms with Crippen LogP contribution in [0, 0.1) is 0 Å². The molecule has 1 aromatic carbocycles. The van der Waals surface area contributed by atoms with Gasteiger partial charge in [0.25, 0.3) is 0 Å². The van der Waals surface area contributed by atoms with Gasteiger partial charge in [-0.15, -0.1) is 0 Å². The summed E-state index contributed by atoms with van der Waals surface area (Å²) in [5.74, 6) is -0.857. The molecule has 0 aliphatic carbocycles. The molecule has 0 radical (unpaired) electrons. The highest BCUT2D eigenvalue weighted by molar-refractivity contribution is 5.92. The minimum atomic E-state index is -0.437. The summed E-state index contributed by atoms with van der Waals surface area (Å²) in [7, 11) is 0. The number of carbonyl (C=O) groups is 2. The van der Waals surface area contributed by atoms with Gasteiger partial charge < -0.3 is 21.1 Å². The molecule has 0 bridgehead atoms. The van der Waals surface area contributed by atoms with Crippen LogP contribution in [0.15, 0.2) is 18.2 Å². The standard InChI is InChI=1S/C14H21N3O3/c1-4-20-14(19)10-5-6-12(11(15)7-10)17(9(2)3)8-13(16)18/h5-7,9H,4,8,15H2,1-3H3,(H2,16,18). The summed E-state index contributed by atoms with van der Waals surface area (Å²) in [6.07, 6.45) is 0. The third kappa shape index (κ3) is 3.88. The van der Waals surface area contributed by atoms with E-state index in [-0.39, 0.29) is 12.6 Å². The molecule has 0 fully saturated rings. The van der Waals surface area contributed by atoms with Gasteiger partial charge in [0.05, 0.1) is 30.1 Å². The van der Waals surface area contributed by atoms with Gasteiger partial charge in [-0.05, 0) is 39.0 Å². The molecule has 0 aliphatic heterocycles. The number of ether oxygens (including phenoxy) is 1. The van der Waals surface area contributed by atoms with Crippen molar-refractivity contribution in [1.82, 2.24) is 0 Å². The Morgan fingerprint density at radius 3 is 2.45 bits per heavy atom. The molecular formula is C14H21N3O3. The van der Waals surface area contributed by atoms with E-state index in [1.807, 2.05) is 13.8 Å². The van der Waals surface area contributed by atoms with Gasteiger partial charge in [0, 0.05) is 6.04 Å². The normalized spacial score (nSPS) is 10.4. The first-order chi connectivity index (χ1) is 9.36. The van der Waals surface area contributed by atoms with Crippen molar-refractivity contribution >= 4 is 23.3 Å². The summed E-state index contributed by atoms with van der Waals surface area (Å²) in [5.41, 5.74) is 12.7. The maximum Gasteiger partial charge on any atom is 0.338 e. The first-order valence-electron chi connectivity index (χ1n) is 6.48. The number of benzene rings is 1. The number of anilines is 2. The zero-order valence-corrected chi connectivity index (χ0v) is 12.1. The fraction of sp³-hybridized carbons (Fsp3) is 0.429. The second kappa shape index (κ2) is 6.79. The highest BCUT2D eigenvalue weighted by Crippen LogP contribution is 2.26. The molecule has 0 aliphatic rings. The first kappa shape index (κ1) is 15.8. The van der Waals surface area contributed by atoms with E-state index in [1.54, 1.807) is 30.0 Å². The van der Waals surface area contributed by atoms with E-state index >= 15 is 0 Å². The highest BCUT2D eigenvalue weighted by atomic mass is 16.5. The molecular weight excluding hydrogens is 258 g/mol. The van der Waals surface area contributed by atoms with Gasteiger partial charge in [0.15, 0.2) is 0 Å². The van der Waals surface area contributed by atoms with E-state index in [0.29, 0.717) is 23.5 Å². The molecule has 0 heterocycles. The van der Waals surface area contributed by atoms with Gasteiger partial charge in [-0.2, -0.15) is 0 Å². The van der Waals surface area contributed by atoms with Crippen molar-refractivity contribution < 1.29 is 14.3 Å². The predicted octanol–water partition coefficient (Wildman–Crippen LogP) is 1.15. The molecule has 1 aromatic rings. The highest BCUT2D eigenvalue weighted by Gasteiger charge is 2.17. The monoisotopic (exact) mass is 279 g/mol. The molecule has 6 nitrogen and oxygen atoms in total. The second-order valence-electron chi connectivity index (χ2n) is 4.68. The minimum absolute atomic E-state index is 0.0539. The van der Waals surface area contributed by atoms with Gasteiger partial charge in [0.2, 0.25) is 5.91 Å². The third-order valence-electron chi connectivity index (χ3n) is 2.80. The summed E-state index contributed by atoms with van der Waals surface area (Å²) in [4.78, 5) is 24.5. The van der Waals surface area contributed by atoms with E-state index in [1.165, 1.54) is 0 Å². The van der Waals surface area contributed by atoms with Crippen molar-refractivity contribution in [3.63, 3.8) is 0 Å². The number of hydrogen-bond donors (Lipinski definition) is 2. The molecule has 6 heteroatoms. The summed E-state index contributed by atoms with van der Waals surface area (Å²) in [6, 6.07) is 4.92. The topological polar surface area (TPSA) is 98.6 Å². The second-order valence-corrected chi connectivity index (χ2v) is 4.68. The number of hydrogen-bond acceptors (Lipinski definition) is 5. The van der Waals surface area contributed by atoms with E-state index in [2.05, 4.69) is 0 Å². The first-order valence-corrected chi connectivity index (χ1v) is 6.48. The number of rotatable bonds is 6. The number of carbonyl (C=O) groups excluding carboxylic acids is 2. The fourth-order valence-corrected chi connectivity index (χ4v) is 1.87. The molecule has 0 saturated carbocycles. The van der Waals surface area contributed by atoms with Crippen LogP contribution in [0.25, 0.3) is 0 Å². The van der Waals surface area contributed by atoms with E-state index in [9.17, 15) is 9.59 Å². The Bertz CT molecular complexity index is 500. The zero-order chi connectivity index (χ0) is 15.3. The van der Waals surface area contributed by atoms with Crippen LogP contribution in [0.3, 0.4) is 0 Å². The Balaban J connectivity index is 3.07. The quantitative estimate of drug-likeness (QED) is 0.601. The van der Waals surface area contributed by atoms with Crippen molar-refractivity contribution in [2.45, 2.75) is 26.8 Å². The Kier molecular flexibility index (Phi) is 5.37. The smallest absolute Gasteiger partial charge is 0.338 e. The van der Waals surface area contributed by atoms with Crippen LogP contribution in [0.5, 0.6) is 0 Å². The number of nitrogens with two attached hydrogens (primary N) is 2. The summed E-state index contributed by atoms with van der Waals surface area (Å²) in [5, 5.41) is 0. The van der Waals surface area contributed by atoms with Crippen LogP contribution in [-0.2, 0) is 9.53 Å². The maximum atomic E-state index is 11.6. The van der Waals surface area contributed by atoms with Crippen molar-refractivity contribution in [2.75, 3.05) is 23.8 Å². The van der Waals surface area contributed by atoms with Crippen LogP contribution in [0.1, 0.15) is 31.1 Å².